The Bertz CT molecular complexity index is 420. The molecule has 1 atom stereocenters. The van der Waals surface area contributed by atoms with Gasteiger partial charge in [0.1, 0.15) is 12.1 Å². The average Bonchev–Trinajstić information content (AvgIpc) is 2.42. The zero-order valence-electron chi connectivity index (χ0n) is 10.7. The van der Waals surface area contributed by atoms with Crippen molar-refractivity contribution in [2.24, 2.45) is 5.73 Å². The summed E-state index contributed by atoms with van der Waals surface area (Å²) >= 11 is 0. The Hall–Kier alpha value is -1.87. The van der Waals surface area contributed by atoms with Gasteiger partial charge in [-0.15, -0.1) is 0 Å². The quantitative estimate of drug-likeness (QED) is 0.318. The van der Waals surface area contributed by atoms with E-state index in [-0.39, 0.29) is 31.1 Å². The molecule has 0 unspecified atom stereocenters. The fourth-order valence-electron chi connectivity index (χ4n) is 1.09. The fourth-order valence-corrected chi connectivity index (χ4v) is 1.09. The number of aliphatic hydroxyl groups excluding tert-OH is 3. The van der Waals surface area contributed by atoms with Crippen molar-refractivity contribution in [3.8, 4) is 11.5 Å². The molecule has 0 bridgehead atoms. The number of aliphatic carboxylic acids is 1. The molecular weight excluding hydrogens is 270 g/mol. The Labute approximate surface area is 115 Å². The van der Waals surface area contributed by atoms with Crippen LogP contribution in [-0.2, 0) is 11.2 Å². The highest BCUT2D eigenvalue weighted by Crippen LogP contribution is 2.25. The van der Waals surface area contributed by atoms with Crippen LogP contribution in [0.1, 0.15) is 5.56 Å². The van der Waals surface area contributed by atoms with Gasteiger partial charge in [-0.25, -0.2) is 0 Å². The maximum absolute atomic E-state index is 10.4. The lowest BCUT2D eigenvalue weighted by Crippen LogP contribution is -2.32. The number of hydrogen-bond donors (Lipinski definition) is 7. The molecule has 0 aliphatic carbocycles. The van der Waals surface area contributed by atoms with Crippen LogP contribution in [0, 0.1) is 0 Å². The molecule has 1 aromatic carbocycles. The predicted molar refractivity (Wildman–Crippen MR) is 69.3 cm³/mol. The number of carboxylic acid groups (broad SMARTS) is 1. The number of carboxylic acids is 1. The summed E-state index contributed by atoms with van der Waals surface area (Å²) in [6.07, 6.45) is -0.839. The number of nitrogens with two attached hydrogens (primary N) is 1. The highest BCUT2D eigenvalue weighted by Gasteiger charge is 2.12. The molecule has 20 heavy (non-hydrogen) atoms. The maximum atomic E-state index is 10.4. The van der Waals surface area contributed by atoms with E-state index in [2.05, 4.69) is 0 Å². The molecule has 0 radical (unpaired) electrons. The lowest BCUT2D eigenvalue weighted by Gasteiger charge is -2.06. The second kappa shape index (κ2) is 9.10. The van der Waals surface area contributed by atoms with Crippen molar-refractivity contribution in [2.75, 3.05) is 13.2 Å². The minimum absolute atomic E-state index is 0.114. The number of carbonyl (C=O) groups is 1. The first-order valence-electron chi connectivity index (χ1n) is 5.70. The van der Waals surface area contributed by atoms with Gasteiger partial charge >= 0.3 is 5.97 Å². The Morgan fingerprint density at radius 1 is 1.15 bits per heavy atom. The Kier molecular flexibility index (Phi) is 8.25. The van der Waals surface area contributed by atoms with Crippen molar-refractivity contribution in [1.29, 1.82) is 0 Å². The van der Waals surface area contributed by atoms with Crippen LogP contribution < -0.4 is 5.73 Å². The van der Waals surface area contributed by atoms with Crippen molar-refractivity contribution in [3.05, 3.63) is 23.8 Å². The Balaban J connectivity index is 0.000000511. The van der Waals surface area contributed by atoms with Gasteiger partial charge in [0, 0.05) is 0 Å². The van der Waals surface area contributed by atoms with E-state index in [1.54, 1.807) is 0 Å². The average molecular weight is 289 g/mol. The number of rotatable bonds is 5. The van der Waals surface area contributed by atoms with E-state index >= 15 is 0 Å². The summed E-state index contributed by atoms with van der Waals surface area (Å²) in [5.41, 5.74) is 5.86. The minimum atomic E-state index is -1.10. The molecule has 0 aliphatic rings. The van der Waals surface area contributed by atoms with Gasteiger partial charge < -0.3 is 36.4 Å². The summed E-state index contributed by atoms with van der Waals surface area (Å²) in [7, 11) is 0. The zero-order valence-corrected chi connectivity index (χ0v) is 10.7. The molecule has 0 heterocycles. The van der Waals surface area contributed by atoms with Gasteiger partial charge in [-0.3, -0.25) is 4.79 Å². The third-order valence-corrected chi connectivity index (χ3v) is 2.23. The summed E-state index contributed by atoms with van der Waals surface area (Å²) in [6, 6.07) is 3.09. The van der Waals surface area contributed by atoms with Gasteiger partial charge in [0.25, 0.3) is 0 Å². The number of aromatic hydroxyl groups is 2. The van der Waals surface area contributed by atoms with Gasteiger partial charge in [0.15, 0.2) is 11.5 Å². The van der Waals surface area contributed by atoms with Gasteiger partial charge in [0.2, 0.25) is 0 Å². The van der Waals surface area contributed by atoms with Crippen LogP contribution >= 0.6 is 0 Å². The fraction of sp³-hybridized carbons (Fsp3) is 0.417. The molecule has 0 amide bonds. The van der Waals surface area contributed by atoms with Crippen molar-refractivity contribution in [3.63, 3.8) is 0 Å². The smallest absolute Gasteiger partial charge is 0.320 e. The highest BCUT2D eigenvalue weighted by atomic mass is 16.4. The number of phenolic OH excluding ortho intramolecular Hbond substituents is 2. The first-order valence-corrected chi connectivity index (χ1v) is 5.70. The normalized spacial score (nSPS) is 11.7. The van der Waals surface area contributed by atoms with E-state index in [0.717, 1.165) is 0 Å². The van der Waals surface area contributed by atoms with Crippen LogP contribution in [0.25, 0.3) is 0 Å². The summed E-state index contributed by atoms with van der Waals surface area (Å²) in [5.74, 6) is -1.62. The Morgan fingerprint density at radius 3 is 2.05 bits per heavy atom. The lowest BCUT2D eigenvalue weighted by molar-refractivity contribution is -0.138. The van der Waals surface area contributed by atoms with Gasteiger partial charge in [-0.05, 0) is 24.1 Å². The van der Waals surface area contributed by atoms with Gasteiger partial charge in [-0.1, -0.05) is 6.07 Å². The van der Waals surface area contributed by atoms with Crippen LogP contribution in [0.2, 0.25) is 0 Å². The van der Waals surface area contributed by atoms with Crippen LogP contribution in [0.15, 0.2) is 18.2 Å². The first-order chi connectivity index (χ1) is 9.31. The van der Waals surface area contributed by atoms with Crippen LogP contribution in [-0.4, -0.2) is 62.0 Å². The van der Waals surface area contributed by atoms with E-state index in [4.69, 9.17) is 36.4 Å². The highest BCUT2D eigenvalue weighted by molar-refractivity contribution is 5.73. The topological polar surface area (TPSA) is 164 Å². The lowest BCUT2D eigenvalue weighted by atomic mass is 10.1. The monoisotopic (exact) mass is 289 g/mol. The molecule has 0 saturated carbocycles. The number of benzene rings is 1. The third kappa shape index (κ3) is 6.90. The SMILES string of the molecule is N[C@@H](Cc1ccc(O)c(O)c1)C(=O)O.OCC(O)CO. The van der Waals surface area contributed by atoms with E-state index < -0.39 is 18.1 Å². The van der Waals surface area contributed by atoms with Gasteiger partial charge in [0.05, 0.1) is 13.2 Å². The van der Waals surface area contributed by atoms with Crippen molar-refractivity contribution in [1.82, 2.24) is 0 Å². The van der Waals surface area contributed by atoms with E-state index in [1.807, 2.05) is 0 Å². The number of phenols is 2. The third-order valence-electron chi connectivity index (χ3n) is 2.23. The van der Waals surface area contributed by atoms with Crippen LogP contribution in [0.4, 0.5) is 0 Å². The molecule has 0 fully saturated rings. The summed E-state index contributed by atoms with van der Waals surface area (Å²) in [4.78, 5) is 10.4. The predicted octanol–water partition coefficient (Wildman–Crippen LogP) is -1.62. The number of aliphatic hydroxyl groups is 3. The molecule has 1 rings (SSSR count). The molecule has 0 saturated heterocycles. The zero-order chi connectivity index (χ0) is 15.7. The molecule has 1 aromatic rings. The molecule has 0 aliphatic heterocycles. The van der Waals surface area contributed by atoms with Crippen molar-refractivity contribution < 1.29 is 35.4 Å². The summed E-state index contributed by atoms with van der Waals surface area (Å²) < 4.78 is 0. The minimum Gasteiger partial charge on any atom is -0.504 e. The van der Waals surface area contributed by atoms with Crippen molar-refractivity contribution in [2.45, 2.75) is 18.6 Å². The van der Waals surface area contributed by atoms with E-state index in [0.29, 0.717) is 5.56 Å². The standard InChI is InChI=1S/C9H11NO4.C3H8O3/c10-6(9(13)14)3-5-1-2-7(11)8(12)4-5;4-1-3(6)2-5/h1-2,4,6,11-12H,3,10H2,(H,13,14);3-6H,1-2H2/t6-;/m0./s1. The summed E-state index contributed by atoms with van der Waals surface area (Å²) in [5, 5.41) is 50.6. The molecule has 8 N–H and O–H groups in total. The van der Waals surface area contributed by atoms with Crippen molar-refractivity contribution >= 4 is 5.97 Å². The van der Waals surface area contributed by atoms with Crippen LogP contribution in [0.5, 0.6) is 11.5 Å². The Morgan fingerprint density at radius 2 is 1.70 bits per heavy atom. The first kappa shape index (κ1) is 18.1. The second-order valence-electron chi connectivity index (χ2n) is 3.99. The molecular formula is C12H19NO7. The molecule has 8 nitrogen and oxygen atoms in total. The molecule has 114 valence electrons. The molecule has 0 spiro atoms. The second-order valence-corrected chi connectivity index (χ2v) is 3.99. The number of hydrogen-bond acceptors (Lipinski definition) is 7. The van der Waals surface area contributed by atoms with E-state index in [1.165, 1.54) is 18.2 Å². The van der Waals surface area contributed by atoms with Crippen LogP contribution in [0.3, 0.4) is 0 Å². The summed E-state index contributed by atoms with van der Waals surface area (Å²) in [6.45, 7) is -0.729. The molecule has 8 heteroatoms. The largest absolute Gasteiger partial charge is 0.504 e. The maximum Gasteiger partial charge on any atom is 0.320 e. The van der Waals surface area contributed by atoms with Gasteiger partial charge in [-0.2, -0.15) is 0 Å². The molecule has 0 aromatic heterocycles. The van der Waals surface area contributed by atoms with E-state index in [9.17, 15) is 4.79 Å².